The molecule has 0 aromatic carbocycles. The molecule has 0 spiro atoms. The first-order chi connectivity index (χ1) is 8.83. The molecule has 0 aliphatic carbocycles. The summed E-state index contributed by atoms with van der Waals surface area (Å²) >= 11 is 0. The molecule has 1 unspecified atom stereocenters. The smallest absolute Gasteiger partial charge is 0.306 e. The highest BCUT2D eigenvalue weighted by Gasteiger charge is 2.14. The molecule has 18 heavy (non-hydrogen) atoms. The van der Waals surface area contributed by atoms with E-state index in [4.69, 9.17) is 9.47 Å². The Labute approximate surface area is 111 Å². The number of hydrogen-bond acceptors (Lipinski definition) is 3. The van der Waals surface area contributed by atoms with E-state index in [0.29, 0.717) is 13.0 Å². The molecule has 1 heterocycles. The molecular formula is C15H26O3. The van der Waals surface area contributed by atoms with Crippen LogP contribution in [0.15, 0.2) is 0 Å². The van der Waals surface area contributed by atoms with Crippen molar-refractivity contribution in [3.63, 3.8) is 0 Å². The summed E-state index contributed by atoms with van der Waals surface area (Å²) in [6.07, 6.45) is 10.7. The van der Waals surface area contributed by atoms with Crippen molar-refractivity contribution in [1.29, 1.82) is 0 Å². The molecule has 0 aromatic heterocycles. The fraction of sp³-hybridized carbons (Fsp3) is 0.800. The summed E-state index contributed by atoms with van der Waals surface area (Å²) in [6.45, 7) is 5.18. The molecular weight excluding hydrogens is 228 g/mol. The minimum atomic E-state index is -0.0583. The molecule has 0 aromatic rings. The van der Waals surface area contributed by atoms with Crippen molar-refractivity contribution < 1.29 is 14.3 Å². The van der Waals surface area contributed by atoms with Crippen LogP contribution in [0.3, 0.4) is 0 Å². The van der Waals surface area contributed by atoms with Crippen LogP contribution in [0.2, 0.25) is 0 Å². The molecule has 1 aliphatic rings. The number of rotatable bonds is 5. The third-order valence-corrected chi connectivity index (χ3v) is 3.18. The Morgan fingerprint density at radius 1 is 1.33 bits per heavy atom. The molecule has 0 N–H and O–H groups in total. The van der Waals surface area contributed by atoms with Gasteiger partial charge in [0.15, 0.2) is 0 Å². The minimum Gasteiger partial charge on any atom is -0.462 e. The van der Waals surface area contributed by atoms with Gasteiger partial charge in [-0.1, -0.05) is 26.2 Å². The van der Waals surface area contributed by atoms with Gasteiger partial charge in [-0.05, 0) is 32.1 Å². The Morgan fingerprint density at radius 2 is 2.22 bits per heavy atom. The second-order valence-electron chi connectivity index (χ2n) is 4.86. The lowest BCUT2D eigenvalue weighted by atomic mass is 10.1. The Kier molecular flexibility index (Phi) is 8.92. The third kappa shape index (κ3) is 7.70. The molecule has 1 fully saturated rings. The van der Waals surface area contributed by atoms with Gasteiger partial charge in [-0.15, -0.1) is 0 Å². The zero-order valence-electron chi connectivity index (χ0n) is 11.4. The van der Waals surface area contributed by atoms with E-state index in [1.807, 2.05) is 0 Å². The standard InChI is InChI=1S/C15H26O3/c1-2-3-6-10-15(16)18-14-9-7-4-5-8-12-17-13-11-14/h8,14H,1-7,9-13H2. The van der Waals surface area contributed by atoms with Crippen molar-refractivity contribution in [2.75, 3.05) is 13.2 Å². The molecule has 0 bridgehead atoms. The number of hydrogen-bond donors (Lipinski definition) is 0. The van der Waals surface area contributed by atoms with Gasteiger partial charge in [-0.25, -0.2) is 0 Å². The lowest BCUT2D eigenvalue weighted by Crippen LogP contribution is -2.21. The molecule has 3 heteroatoms. The number of ether oxygens (including phenoxy) is 2. The van der Waals surface area contributed by atoms with E-state index >= 15 is 0 Å². The average Bonchev–Trinajstić information content (AvgIpc) is 2.37. The van der Waals surface area contributed by atoms with Crippen LogP contribution in [0.25, 0.3) is 0 Å². The number of carbonyl (C=O) groups is 1. The van der Waals surface area contributed by atoms with Gasteiger partial charge < -0.3 is 9.47 Å². The fourth-order valence-electron chi connectivity index (χ4n) is 2.08. The first kappa shape index (κ1) is 15.5. The predicted octanol–water partition coefficient (Wildman–Crippen LogP) is 3.48. The monoisotopic (exact) mass is 254 g/mol. The molecule has 1 aliphatic heterocycles. The summed E-state index contributed by atoms with van der Waals surface area (Å²) in [6, 6.07) is 0. The van der Waals surface area contributed by atoms with E-state index in [1.54, 1.807) is 0 Å². The van der Waals surface area contributed by atoms with Crippen LogP contribution < -0.4 is 0 Å². The van der Waals surface area contributed by atoms with Crippen molar-refractivity contribution in [3.05, 3.63) is 13.3 Å². The highest BCUT2D eigenvalue weighted by molar-refractivity contribution is 5.69. The highest BCUT2D eigenvalue weighted by atomic mass is 16.5. The van der Waals surface area contributed by atoms with Gasteiger partial charge in [0.05, 0.1) is 6.61 Å². The molecule has 3 nitrogen and oxygen atoms in total. The van der Waals surface area contributed by atoms with Crippen LogP contribution in [0.4, 0.5) is 0 Å². The molecule has 0 amide bonds. The third-order valence-electron chi connectivity index (χ3n) is 3.18. The van der Waals surface area contributed by atoms with Crippen molar-refractivity contribution in [2.24, 2.45) is 0 Å². The molecule has 1 saturated heterocycles. The van der Waals surface area contributed by atoms with Gasteiger partial charge in [-0.3, -0.25) is 4.79 Å². The van der Waals surface area contributed by atoms with Crippen molar-refractivity contribution >= 4 is 5.97 Å². The second kappa shape index (κ2) is 10.4. The van der Waals surface area contributed by atoms with E-state index in [2.05, 4.69) is 13.3 Å². The number of carbonyl (C=O) groups excluding carboxylic acids is 1. The molecule has 104 valence electrons. The van der Waals surface area contributed by atoms with Crippen LogP contribution in [0.1, 0.15) is 57.8 Å². The largest absolute Gasteiger partial charge is 0.462 e. The molecule has 2 radical (unpaired) electrons. The molecule has 0 saturated carbocycles. The highest BCUT2D eigenvalue weighted by Crippen LogP contribution is 2.15. The second-order valence-corrected chi connectivity index (χ2v) is 4.86. The van der Waals surface area contributed by atoms with Crippen LogP contribution in [0, 0.1) is 13.3 Å². The maximum Gasteiger partial charge on any atom is 0.306 e. The van der Waals surface area contributed by atoms with Gasteiger partial charge in [0.2, 0.25) is 0 Å². The first-order valence-corrected chi connectivity index (χ1v) is 7.21. The van der Waals surface area contributed by atoms with Gasteiger partial charge in [-0.2, -0.15) is 0 Å². The quantitative estimate of drug-likeness (QED) is 0.556. The Hall–Kier alpha value is -0.570. The van der Waals surface area contributed by atoms with E-state index in [1.165, 1.54) is 6.42 Å². The summed E-state index contributed by atoms with van der Waals surface area (Å²) in [4.78, 5) is 11.6. The lowest BCUT2D eigenvalue weighted by Gasteiger charge is -2.19. The zero-order valence-corrected chi connectivity index (χ0v) is 11.4. The van der Waals surface area contributed by atoms with Crippen LogP contribution in [-0.4, -0.2) is 25.3 Å². The van der Waals surface area contributed by atoms with Crippen molar-refractivity contribution in [3.8, 4) is 0 Å². The van der Waals surface area contributed by atoms with E-state index in [-0.39, 0.29) is 12.1 Å². The Bertz CT molecular complexity index is 206. The SMILES string of the molecule is [CH2]CCCCC(=O)OC1CCCC[CH]COCC1. The summed E-state index contributed by atoms with van der Waals surface area (Å²) in [5.41, 5.74) is 0. The minimum absolute atomic E-state index is 0.0513. The normalized spacial score (nSPS) is 22.4. The Morgan fingerprint density at radius 3 is 3.06 bits per heavy atom. The fourth-order valence-corrected chi connectivity index (χ4v) is 2.08. The van der Waals surface area contributed by atoms with Gasteiger partial charge in [0.25, 0.3) is 0 Å². The average molecular weight is 254 g/mol. The molecule has 1 atom stereocenters. The number of esters is 1. The summed E-state index contributed by atoms with van der Waals surface area (Å²) in [5, 5.41) is 0. The van der Waals surface area contributed by atoms with Crippen LogP contribution >= 0.6 is 0 Å². The summed E-state index contributed by atoms with van der Waals surface area (Å²) in [5.74, 6) is -0.0583. The maximum absolute atomic E-state index is 11.6. The van der Waals surface area contributed by atoms with Gasteiger partial charge in [0, 0.05) is 19.4 Å². The van der Waals surface area contributed by atoms with Gasteiger partial charge in [0.1, 0.15) is 6.10 Å². The van der Waals surface area contributed by atoms with E-state index in [0.717, 1.165) is 51.6 Å². The maximum atomic E-state index is 11.6. The predicted molar refractivity (Wildman–Crippen MR) is 71.9 cm³/mol. The zero-order chi connectivity index (χ0) is 13.1. The summed E-state index contributed by atoms with van der Waals surface area (Å²) < 4.78 is 11.0. The Balaban J connectivity index is 2.21. The lowest BCUT2D eigenvalue weighted by molar-refractivity contribution is -0.150. The van der Waals surface area contributed by atoms with Crippen molar-refractivity contribution in [2.45, 2.75) is 63.9 Å². The topological polar surface area (TPSA) is 35.5 Å². The van der Waals surface area contributed by atoms with E-state index < -0.39 is 0 Å². The summed E-state index contributed by atoms with van der Waals surface area (Å²) in [7, 11) is 0. The van der Waals surface area contributed by atoms with Crippen molar-refractivity contribution in [1.82, 2.24) is 0 Å². The first-order valence-electron chi connectivity index (χ1n) is 7.21. The molecule has 1 rings (SSSR count). The van der Waals surface area contributed by atoms with Crippen LogP contribution in [-0.2, 0) is 14.3 Å². The van der Waals surface area contributed by atoms with Crippen LogP contribution in [0.5, 0.6) is 0 Å². The number of unbranched alkanes of at least 4 members (excludes halogenated alkanes) is 2. The van der Waals surface area contributed by atoms with E-state index in [9.17, 15) is 4.79 Å². The van der Waals surface area contributed by atoms with Gasteiger partial charge >= 0.3 is 5.97 Å².